The molecule has 23 heavy (non-hydrogen) atoms. The van der Waals surface area contributed by atoms with Crippen molar-refractivity contribution in [1.82, 2.24) is 5.32 Å². The van der Waals surface area contributed by atoms with Crippen LogP contribution in [0.1, 0.15) is 12.0 Å². The standard InChI is InChI=1S/C18H19N3O2/c22-17(21-14-7-2-1-3-8-14)13-23-16-10-5-4-9-15(16)18-19-11-6-12-20-18/h1-5,7-10H,6,11-13H2,(H,19,20)(H,21,22). The lowest BCUT2D eigenvalue weighted by Gasteiger charge is -2.17. The van der Waals surface area contributed by atoms with Crippen LogP contribution in [0.3, 0.4) is 0 Å². The first-order valence-electron chi connectivity index (χ1n) is 7.68. The Morgan fingerprint density at radius 3 is 2.70 bits per heavy atom. The predicted octanol–water partition coefficient (Wildman–Crippen LogP) is 2.44. The lowest BCUT2D eigenvalue weighted by molar-refractivity contribution is -0.118. The molecule has 0 saturated carbocycles. The van der Waals surface area contributed by atoms with Crippen LogP contribution in [0.2, 0.25) is 0 Å². The number of amidine groups is 1. The summed E-state index contributed by atoms with van der Waals surface area (Å²) < 4.78 is 5.69. The number of benzene rings is 2. The van der Waals surface area contributed by atoms with Crippen LogP contribution in [-0.4, -0.2) is 31.4 Å². The van der Waals surface area contributed by atoms with Crippen molar-refractivity contribution in [2.45, 2.75) is 6.42 Å². The van der Waals surface area contributed by atoms with Crippen molar-refractivity contribution in [3.05, 3.63) is 60.2 Å². The lowest BCUT2D eigenvalue weighted by Crippen LogP contribution is -2.31. The number of hydrogen-bond donors (Lipinski definition) is 2. The summed E-state index contributed by atoms with van der Waals surface area (Å²) >= 11 is 0. The Balaban J connectivity index is 1.64. The van der Waals surface area contributed by atoms with Crippen molar-refractivity contribution in [3.8, 4) is 5.75 Å². The van der Waals surface area contributed by atoms with Gasteiger partial charge in [-0.15, -0.1) is 0 Å². The Labute approximate surface area is 135 Å². The summed E-state index contributed by atoms with van der Waals surface area (Å²) in [5, 5.41) is 6.07. The minimum absolute atomic E-state index is 0.0425. The molecule has 0 spiro atoms. The van der Waals surface area contributed by atoms with Crippen LogP contribution in [0.25, 0.3) is 0 Å². The summed E-state index contributed by atoms with van der Waals surface area (Å²) in [4.78, 5) is 16.5. The van der Waals surface area contributed by atoms with Gasteiger partial charge in [0.25, 0.3) is 5.91 Å². The zero-order valence-electron chi connectivity index (χ0n) is 12.8. The smallest absolute Gasteiger partial charge is 0.262 e. The molecule has 0 saturated heterocycles. The largest absolute Gasteiger partial charge is 0.483 e. The molecular weight excluding hydrogens is 290 g/mol. The third kappa shape index (κ3) is 4.10. The molecule has 0 aromatic heterocycles. The Kier molecular flexibility index (Phi) is 4.88. The fraction of sp³-hybridized carbons (Fsp3) is 0.222. The average Bonchev–Trinajstić information content (AvgIpc) is 2.62. The van der Waals surface area contributed by atoms with Crippen LogP contribution in [0.5, 0.6) is 5.75 Å². The number of rotatable bonds is 5. The first-order chi connectivity index (χ1) is 11.3. The molecule has 0 unspecified atom stereocenters. The second-order valence-electron chi connectivity index (χ2n) is 5.21. The van der Waals surface area contributed by atoms with E-state index in [4.69, 9.17) is 4.74 Å². The molecule has 0 fully saturated rings. The lowest BCUT2D eigenvalue weighted by atomic mass is 10.1. The number of aliphatic imine (C=N–C) groups is 1. The molecule has 2 N–H and O–H groups in total. The van der Waals surface area contributed by atoms with Crippen molar-refractivity contribution in [2.24, 2.45) is 4.99 Å². The van der Waals surface area contributed by atoms with Crippen molar-refractivity contribution in [3.63, 3.8) is 0 Å². The van der Waals surface area contributed by atoms with Gasteiger partial charge in [-0.3, -0.25) is 9.79 Å². The first-order valence-corrected chi connectivity index (χ1v) is 7.68. The number of nitrogens with one attached hydrogen (secondary N) is 2. The zero-order chi connectivity index (χ0) is 15.9. The number of carbonyl (C=O) groups is 1. The maximum absolute atomic E-state index is 12.0. The molecule has 0 aliphatic carbocycles. The van der Waals surface area contributed by atoms with E-state index in [1.165, 1.54) is 0 Å². The Morgan fingerprint density at radius 2 is 1.91 bits per heavy atom. The van der Waals surface area contributed by atoms with Crippen molar-refractivity contribution in [2.75, 3.05) is 25.0 Å². The predicted molar refractivity (Wildman–Crippen MR) is 91.0 cm³/mol. The zero-order valence-corrected chi connectivity index (χ0v) is 12.8. The number of carbonyl (C=O) groups excluding carboxylic acids is 1. The van der Waals surface area contributed by atoms with Gasteiger partial charge < -0.3 is 15.4 Å². The molecule has 1 aliphatic rings. The second kappa shape index (κ2) is 7.45. The van der Waals surface area contributed by atoms with E-state index in [1.54, 1.807) is 0 Å². The number of anilines is 1. The molecule has 3 rings (SSSR count). The van der Waals surface area contributed by atoms with E-state index in [0.29, 0.717) is 5.75 Å². The maximum Gasteiger partial charge on any atom is 0.262 e. The van der Waals surface area contributed by atoms with E-state index in [-0.39, 0.29) is 12.5 Å². The fourth-order valence-corrected chi connectivity index (χ4v) is 2.36. The van der Waals surface area contributed by atoms with Crippen LogP contribution in [0.4, 0.5) is 5.69 Å². The van der Waals surface area contributed by atoms with Crippen LogP contribution in [-0.2, 0) is 4.79 Å². The van der Waals surface area contributed by atoms with Gasteiger partial charge in [0.1, 0.15) is 11.6 Å². The molecule has 118 valence electrons. The van der Waals surface area contributed by atoms with E-state index < -0.39 is 0 Å². The molecular formula is C18H19N3O2. The highest BCUT2D eigenvalue weighted by Gasteiger charge is 2.13. The van der Waals surface area contributed by atoms with E-state index in [0.717, 1.165) is 36.6 Å². The topological polar surface area (TPSA) is 62.7 Å². The molecule has 5 heteroatoms. The Morgan fingerprint density at radius 1 is 1.13 bits per heavy atom. The summed E-state index contributed by atoms with van der Waals surface area (Å²) in [6, 6.07) is 16.9. The third-order valence-corrected chi connectivity index (χ3v) is 3.46. The molecule has 0 radical (unpaired) electrons. The van der Waals surface area contributed by atoms with E-state index in [9.17, 15) is 4.79 Å². The molecule has 0 bridgehead atoms. The molecule has 5 nitrogen and oxygen atoms in total. The molecule has 0 atom stereocenters. The van der Waals surface area contributed by atoms with Crippen molar-refractivity contribution >= 4 is 17.4 Å². The van der Waals surface area contributed by atoms with E-state index >= 15 is 0 Å². The second-order valence-corrected chi connectivity index (χ2v) is 5.21. The van der Waals surface area contributed by atoms with Gasteiger partial charge in [-0.1, -0.05) is 30.3 Å². The van der Waals surface area contributed by atoms with Gasteiger partial charge in [0, 0.05) is 18.8 Å². The van der Waals surface area contributed by atoms with E-state index in [2.05, 4.69) is 15.6 Å². The number of para-hydroxylation sites is 2. The summed E-state index contributed by atoms with van der Waals surface area (Å²) in [5.41, 5.74) is 1.65. The number of amides is 1. The minimum Gasteiger partial charge on any atom is -0.483 e. The highest BCUT2D eigenvalue weighted by atomic mass is 16.5. The van der Waals surface area contributed by atoms with Gasteiger partial charge in [0.05, 0.1) is 5.56 Å². The van der Waals surface area contributed by atoms with Crippen LogP contribution in [0, 0.1) is 0 Å². The normalized spacial score (nSPS) is 13.7. The highest BCUT2D eigenvalue weighted by Crippen LogP contribution is 2.19. The van der Waals surface area contributed by atoms with Gasteiger partial charge in [0.2, 0.25) is 0 Å². The third-order valence-electron chi connectivity index (χ3n) is 3.46. The summed E-state index contributed by atoms with van der Waals surface area (Å²) in [6.07, 6.45) is 1.03. The molecule has 1 aliphatic heterocycles. The quantitative estimate of drug-likeness (QED) is 0.892. The highest BCUT2D eigenvalue weighted by molar-refractivity contribution is 6.01. The SMILES string of the molecule is O=C(COc1ccccc1C1=NCCCN1)Nc1ccccc1. The van der Waals surface area contributed by atoms with Gasteiger partial charge in [-0.25, -0.2) is 0 Å². The van der Waals surface area contributed by atoms with Crippen molar-refractivity contribution in [1.29, 1.82) is 0 Å². The Hall–Kier alpha value is -2.82. The van der Waals surface area contributed by atoms with Crippen LogP contribution in [0.15, 0.2) is 59.6 Å². The summed E-state index contributed by atoms with van der Waals surface area (Å²) in [5.74, 6) is 1.30. The number of ether oxygens (including phenoxy) is 1. The monoisotopic (exact) mass is 309 g/mol. The molecule has 1 heterocycles. The van der Waals surface area contributed by atoms with Crippen LogP contribution < -0.4 is 15.4 Å². The van der Waals surface area contributed by atoms with E-state index in [1.807, 2.05) is 54.6 Å². The van der Waals surface area contributed by atoms with Gasteiger partial charge in [-0.2, -0.15) is 0 Å². The number of nitrogens with zero attached hydrogens (tertiary/aromatic N) is 1. The minimum atomic E-state index is -0.190. The molecule has 2 aromatic rings. The van der Waals surface area contributed by atoms with Gasteiger partial charge in [0.15, 0.2) is 6.61 Å². The molecule has 2 aromatic carbocycles. The average molecular weight is 309 g/mol. The van der Waals surface area contributed by atoms with Crippen LogP contribution >= 0.6 is 0 Å². The van der Waals surface area contributed by atoms with Crippen molar-refractivity contribution < 1.29 is 9.53 Å². The molecule has 1 amide bonds. The van der Waals surface area contributed by atoms with Gasteiger partial charge >= 0.3 is 0 Å². The maximum atomic E-state index is 12.0. The Bertz CT molecular complexity index is 698. The first kappa shape index (κ1) is 15.1. The number of hydrogen-bond acceptors (Lipinski definition) is 4. The van der Waals surface area contributed by atoms with Gasteiger partial charge in [-0.05, 0) is 30.7 Å². The summed E-state index contributed by atoms with van der Waals surface area (Å²) in [7, 11) is 0. The summed E-state index contributed by atoms with van der Waals surface area (Å²) in [6.45, 7) is 1.67. The fourth-order valence-electron chi connectivity index (χ4n) is 2.36.